The highest BCUT2D eigenvalue weighted by atomic mass is 16.5. The van der Waals surface area contributed by atoms with Gasteiger partial charge in [-0.15, -0.1) is 0 Å². The first-order chi connectivity index (χ1) is 14.4. The molecule has 4 nitrogen and oxygen atoms in total. The molecule has 0 saturated carbocycles. The molecule has 3 aromatic rings. The molecule has 0 saturated heterocycles. The summed E-state index contributed by atoms with van der Waals surface area (Å²) in [5.74, 6) is 1.93. The van der Waals surface area contributed by atoms with E-state index in [0.717, 1.165) is 16.3 Å². The van der Waals surface area contributed by atoms with Crippen molar-refractivity contribution in [3.8, 4) is 17.2 Å². The molecule has 30 heavy (non-hydrogen) atoms. The van der Waals surface area contributed by atoms with Crippen molar-refractivity contribution in [1.29, 1.82) is 0 Å². The fourth-order valence-corrected chi connectivity index (χ4v) is 3.18. The lowest BCUT2D eigenvalue weighted by Crippen LogP contribution is -2.14. The van der Waals surface area contributed by atoms with Crippen molar-refractivity contribution in [1.82, 2.24) is 0 Å². The van der Waals surface area contributed by atoms with Gasteiger partial charge in [-0.2, -0.15) is 0 Å². The van der Waals surface area contributed by atoms with Gasteiger partial charge in [0.15, 0.2) is 0 Å². The maximum Gasteiger partial charge on any atom is 0.347 e. The number of hydrogen-bond acceptors (Lipinski definition) is 4. The highest BCUT2D eigenvalue weighted by Gasteiger charge is 2.23. The number of ether oxygens (including phenoxy) is 3. The van der Waals surface area contributed by atoms with Gasteiger partial charge in [0.1, 0.15) is 22.8 Å². The Kier molecular flexibility index (Phi) is 6.99. The fraction of sp³-hybridized carbons (Fsp3) is 0.346. The zero-order valence-corrected chi connectivity index (χ0v) is 18.4. The molecule has 0 heterocycles. The van der Waals surface area contributed by atoms with Crippen molar-refractivity contribution < 1.29 is 19.0 Å². The number of hydrogen-bond donors (Lipinski definition) is 0. The Morgan fingerprint density at radius 2 is 1.53 bits per heavy atom. The first kappa shape index (κ1) is 21.7. The van der Waals surface area contributed by atoms with Crippen LogP contribution in [0.25, 0.3) is 10.8 Å². The lowest BCUT2D eigenvalue weighted by atomic mass is 10.00. The van der Waals surface area contributed by atoms with Crippen LogP contribution < -0.4 is 14.2 Å². The second-order valence-electron chi connectivity index (χ2n) is 8.36. The van der Waals surface area contributed by atoms with Crippen LogP contribution >= 0.6 is 0 Å². The number of para-hydroxylation sites is 1. The van der Waals surface area contributed by atoms with Crippen molar-refractivity contribution in [2.45, 2.75) is 34.6 Å². The average molecular weight is 407 g/mol. The van der Waals surface area contributed by atoms with Crippen LogP contribution in [0, 0.1) is 18.8 Å². The molecular weight excluding hydrogens is 376 g/mol. The Morgan fingerprint density at radius 1 is 0.867 bits per heavy atom. The lowest BCUT2D eigenvalue weighted by molar-refractivity contribution is 0.0729. The van der Waals surface area contributed by atoms with Gasteiger partial charge in [0, 0.05) is 10.8 Å². The summed E-state index contributed by atoms with van der Waals surface area (Å²) in [6, 6.07) is 16.8. The normalized spacial score (nSPS) is 11.2. The third-order valence-electron chi connectivity index (χ3n) is 4.59. The van der Waals surface area contributed by atoms with Crippen molar-refractivity contribution in [3.05, 3.63) is 65.7 Å². The standard InChI is InChI=1S/C26H30O4/c1-17(2)15-28-23-14-22(26(27)30-20-11-7-6-8-12-20)25(29-16-18(3)4)21-13-9-10-19(5)24(21)23/h6-14,17-18H,15-16H2,1-5H3. The zero-order valence-electron chi connectivity index (χ0n) is 18.4. The minimum absolute atomic E-state index is 0.319. The van der Waals surface area contributed by atoms with Gasteiger partial charge >= 0.3 is 5.97 Å². The maximum atomic E-state index is 13.1. The molecule has 0 N–H and O–H groups in total. The van der Waals surface area contributed by atoms with E-state index in [0.29, 0.717) is 47.9 Å². The van der Waals surface area contributed by atoms with Gasteiger partial charge in [-0.3, -0.25) is 0 Å². The molecule has 0 aliphatic carbocycles. The van der Waals surface area contributed by atoms with Crippen LogP contribution in [0.15, 0.2) is 54.6 Å². The quantitative estimate of drug-likeness (QED) is 0.319. The van der Waals surface area contributed by atoms with E-state index in [-0.39, 0.29) is 0 Å². The van der Waals surface area contributed by atoms with Crippen LogP contribution in [0.3, 0.4) is 0 Å². The molecule has 0 amide bonds. The van der Waals surface area contributed by atoms with E-state index in [1.54, 1.807) is 18.2 Å². The smallest absolute Gasteiger partial charge is 0.347 e. The highest BCUT2D eigenvalue weighted by Crippen LogP contribution is 2.39. The third kappa shape index (κ3) is 5.12. The molecule has 0 unspecified atom stereocenters. The van der Waals surface area contributed by atoms with Crippen LogP contribution in [0.5, 0.6) is 17.2 Å². The summed E-state index contributed by atoms with van der Waals surface area (Å²) in [6.07, 6.45) is 0. The topological polar surface area (TPSA) is 44.8 Å². The van der Waals surface area contributed by atoms with E-state index in [4.69, 9.17) is 14.2 Å². The Hall–Kier alpha value is -3.01. The first-order valence-corrected chi connectivity index (χ1v) is 10.5. The fourth-order valence-electron chi connectivity index (χ4n) is 3.18. The summed E-state index contributed by atoms with van der Waals surface area (Å²) in [5.41, 5.74) is 1.44. The number of rotatable bonds is 8. The van der Waals surface area contributed by atoms with Gasteiger partial charge in [0.05, 0.1) is 13.2 Å². The summed E-state index contributed by atoms with van der Waals surface area (Å²) in [5, 5.41) is 1.82. The summed E-state index contributed by atoms with van der Waals surface area (Å²) in [4.78, 5) is 13.1. The number of carbonyl (C=O) groups is 1. The first-order valence-electron chi connectivity index (χ1n) is 10.5. The Bertz CT molecular complexity index is 1010. The Labute approximate surface area is 178 Å². The van der Waals surface area contributed by atoms with Crippen LogP contribution in [0.2, 0.25) is 0 Å². The minimum Gasteiger partial charge on any atom is -0.493 e. The van der Waals surface area contributed by atoms with E-state index in [9.17, 15) is 4.79 Å². The van der Waals surface area contributed by atoms with Gasteiger partial charge in [-0.25, -0.2) is 4.79 Å². The molecule has 0 spiro atoms. The largest absolute Gasteiger partial charge is 0.493 e. The van der Waals surface area contributed by atoms with Crippen LogP contribution in [0.4, 0.5) is 0 Å². The molecule has 0 aliphatic rings. The summed E-state index contributed by atoms with van der Waals surface area (Å²) >= 11 is 0. The van der Waals surface area contributed by atoms with E-state index in [1.807, 2.05) is 43.3 Å². The molecule has 0 aromatic heterocycles. The van der Waals surface area contributed by atoms with Crippen LogP contribution in [-0.4, -0.2) is 19.2 Å². The van der Waals surface area contributed by atoms with Crippen molar-refractivity contribution >= 4 is 16.7 Å². The molecule has 0 atom stereocenters. The van der Waals surface area contributed by atoms with Gasteiger partial charge in [-0.1, -0.05) is 64.1 Å². The van der Waals surface area contributed by atoms with E-state index >= 15 is 0 Å². The van der Waals surface area contributed by atoms with E-state index < -0.39 is 5.97 Å². The zero-order chi connectivity index (χ0) is 21.7. The number of fused-ring (bicyclic) bond motifs is 1. The molecule has 4 heteroatoms. The van der Waals surface area contributed by atoms with Crippen LogP contribution in [-0.2, 0) is 0 Å². The van der Waals surface area contributed by atoms with Gasteiger partial charge in [0.25, 0.3) is 0 Å². The predicted octanol–water partition coefficient (Wildman–Crippen LogP) is 6.44. The Balaban J connectivity index is 2.14. The molecule has 3 rings (SSSR count). The van der Waals surface area contributed by atoms with Gasteiger partial charge in [0.2, 0.25) is 0 Å². The van der Waals surface area contributed by atoms with Crippen molar-refractivity contribution in [2.75, 3.05) is 13.2 Å². The molecule has 0 fully saturated rings. The molecule has 0 aliphatic heterocycles. The lowest BCUT2D eigenvalue weighted by Gasteiger charge is -2.20. The van der Waals surface area contributed by atoms with E-state index in [2.05, 4.69) is 27.7 Å². The predicted molar refractivity (Wildman–Crippen MR) is 121 cm³/mol. The number of carbonyl (C=O) groups excluding carboxylic acids is 1. The van der Waals surface area contributed by atoms with Crippen molar-refractivity contribution in [3.63, 3.8) is 0 Å². The summed E-state index contributed by atoms with van der Waals surface area (Å²) < 4.78 is 17.9. The van der Waals surface area contributed by atoms with Gasteiger partial charge in [-0.05, 0) is 42.5 Å². The third-order valence-corrected chi connectivity index (χ3v) is 4.59. The molecule has 0 bridgehead atoms. The average Bonchev–Trinajstić information content (AvgIpc) is 2.71. The van der Waals surface area contributed by atoms with Crippen LogP contribution in [0.1, 0.15) is 43.6 Å². The molecule has 3 aromatic carbocycles. The second-order valence-corrected chi connectivity index (χ2v) is 8.36. The summed E-state index contributed by atoms with van der Waals surface area (Å²) in [6.45, 7) is 11.5. The monoisotopic (exact) mass is 406 g/mol. The molecule has 0 radical (unpaired) electrons. The van der Waals surface area contributed by atoms with Gasteiger partial charge < -0.3 is 14.2 Å². The summed E-state index contributed by atoms with van der Waals surface area (Å²) in [7, 11) is 0. The highest BCUT2D eigenvalue weighted by molar-refractivity contribution is 6.05. The number of aryl methyl sites for hydroxylation is 1. The second kappa shape index (κ2) is 9.66. The Morgan fingerprint density at radius 3 is 2.20 bits per heavy atom. The van der Waals surface area contributed by atoms with Crippen molar-refractivity contribution in [2.24, 2.45) is 11.8 Å². The number of benzene rings is 3. The van der Waals surface area contributed by atoms with E-state index in [1.165, 1.54) is 0 Å². The minimum atomic E-state index is -0.460. The molecule has 158 valence electrons. The maximum absolute atomic E-state index is 13.1. The molecular formula is C26H30O4. The SMILES string of the molecule is Cc1cccc2c(OCC(C)C)c(C(=O)Oc3ccccc3)cc(OCC(C)C)c12. The number of esters is 1.